The number of likely N-dealkylation sites (N-methyl/N-ethyl adjacent to an activating group) is 1. The Morgan fingerprint density at radius 3 is 2.80 bits per heavy atom. The summed E-state index contributed by atoms with van der Waals surface area (Å²) < 4.78 is 5.29. The van der Waals surface area contributed by atoms with Crippen molar-refractivity contribution < 1.29 is 4.74 Å². The summed E-state index contributed by atoms with van der Waals surface area (Å²) in [6.45, 7) is 0.749. The van der Waals surface area contributed by atoms with Crippen LogP contribution in [0.2, 0.25) is 0 Å². The smallest absolute Gasteiger partial charge is 0.144 e. The van der Waals surface area contributed by atoms with Gasteiger partial charge in [0, 0.05) is 18.9 Å². The topological polar surface area (TPSA) is 50.3 Å². The first-order chi connectivity index (χ1) is 9.70. The molecule has 1 atom stereocenters. The maximum atomic E-state index is 5.29. The van der Waals surface area contributed by atoms with Gasteiger partial charge < -0.3 is 15.0 Å². The third-order valence-electron chi connectivity index (χ3n) is 3.14. The molecule has 1 N–H and O–H groups in total. The van der Waals surface area contributed by atoms with Gasteiger partial charge in [-0.1, -0.05) is 12.1 Å². The summed E-state index contributed by atoms with van der Waals surface area (Å²) in [4.78, 5) is 10.4. The summed E-state index contributed by atoms with van der Waals surface area (Å²) >= 11 is 0. The standard InChI is InChI=1S/C15H20N4O/c1-19(2)14(10-18-15-11-16-7-8-17-15)12-5-4-6-13(9-12)20-3/h4-9,11,14H,10H2,1-3H3,(H,17,18). The average Bonchev–Trinajstić information content (AvgIpc) is 2.48. The lowest BCUT2D eigenvalue weighted by molar-refractivity contribution is 0.310. The van der Waals surface area contributed by atoms with E-state index in [1.54, 1.807) is 25.7 Å². The van der Waals surface area contributed by atoms with E-state index in [1.165, 1.54) is 5.56 Å². The van der Waals surface area contributed by atoms with Gasteiger partial charge >= 0.3 is 0 Å². The van der Waals surface area contributed by atoms with Crippen LogP contribution in [0.1, 0.15) is 11.6 Å². The largest absolute Gasteiger partial charge is 0.497 e. The number of anilines is 1. The predicted molar refractivity (Wildman–Crippen MR) is 79.9 cm³/mol. The second-order valence-electron chi connectivity index (χ2n) is 4.73. The summed E-state index contributed by atoms with van der Waals surface area (Å²) in [6.07, 6.45) is 5.06. The molecule has 0 amide bonds. The van der Waals surface area contributed by atoms with Crippen molar-refractivity contribution in [3.8, 4) is 5.75 Å². The monoisotopic (exact) mass is 272 g/mol. The Morgan fingerprint density at radius 2 is 2.15 bits per heavy atom. The van der Waals surface area contributed by atoms with Crippen LogP contribution in [0.25, 0.3) is 0 Å². The van der Waals surface area contributed by atoms with E-state index < -0.39 is 0 Å². The molecular weight excluding hydrogens is 252 g/mol. The van der Waals surface area contributed by atoms with E-state index in [4.69, 9.17) is 4.74 Å². The fourth-order valence-electron chi connectivity index (χ4n) is 2.04. The fraction of sp³-hybridized carbons (Fsp3) is 0.333. The molecule has 0 aliphatic heterocycles. The zero-order chi connectivity index (χ0) is 14.4. The van der Waals surface area contributed by atoms with E-state index in [0.717, 1.165) is 18.1 Å². The summed E-state index contributed by atoms with van der Waals surface area (Å²) in [7, 11) is 5.80. The molecule has 2 aromatic rings. The van der Waals surface area contributed by atoms with Gasteiger partial charge in [-0.3, -0.25) is 4.98 Å². The molecule has 1 heterocycles. The number of methoxy groups -OCH3 is 1. The third-order valence-corrected chi connectivity index (χ3v) is 3.14. The fourth-order valence-corrected chi connectivity index (χ4v) is 2.04. The number of rotatable bonds is 6. The van der Waals surface area contributed by atoms with Gasteiger partial charge in [-0.05, 0) is 31.8 Å². The highest BCUT2D eigenvalue weighted by Gasteiger charge is 2.14. The second kappa shape index (κ2) is 6.86. The lowest BCUT2D eigenvalue weighted by Crippen LogP contribution is -2.27. The van der Waals surface area contributed by atoms with Gasteiger partial charge in [0.1, 0.15) is 11.6 Å². The van der Waals surface area contributed by atoms with Crippen LogP contribution < -0.4 is 10.1 Å². The van der Waals surface area contributed by atoms with Crippen molar-refractivity contribution in [3.05, 3.63) is 48.4 Å². The van der Waals surface area contributed by atoms with Crippen LogP contribution in [0.5, 0.6) is 5.75 Å². The van der Waals surface area contributed by atoms with Crippen LogP contribution >= 0.6 is 0 Å². The molecule has 1 aromatic carbocycles. The molecule has 5 nitrogen and oxygen atoms in total. The Balaban J connectivity index is 2.10. The zero-order valence-corrected chi connectivity index (χ0v) is 12.1. The molecule has 0 fully saturated rings. The van der Waals surface area contributed by atoms with Gasteiger partial charge in [0.2, 0.25) is 0 Å². The first-order valence-corrected chi connectivity index (χ1v) is 6.51. The van der Waals surface area contributed by atoms with Crippen molar-refractivity contribution in [1.29, 1.82) is 0 Å². The van der Waals surface area contributed by atoms with E-state index in [1.807, 2.05) is 12.1 Å². The highest BCUT2D eigenvalue weighted by Crippen LogP contribution is 2.22. The molecule has 2 rings (SSSR count). The van der Waals surface area contributed by atoms with Crippen LogP contribution in [-0.2, 0) is 0 Å². The first kappa shape index (κ1) is 14.3. The van der Waals surface area contributed by atoms with Crippen LogP contribution in [0, 0.1) is 0 Å². The van der Waals surface area contributed by atoms with Crippen molar-refractivity contribution in [2.45, 2.75) is 6.04 Å². The Kier molecular flexibility index (Phi) is 4.90. The van der Waals surface area contributed by atoms with Crippen molar-refractivity contribution >= 4 is 5.82 Å². The molecular formula is C15H20N4O. The molecule has 106 valence electrons. The van der Waals surface area contributed by atoms with Gasteiger partial charge in [0.25, 0.3) is 0 Å². The summed E-state index contributed by atoms with van der Waals surface area (Å²) in [6, 6.07) is 8.35. The SMILES string of the molecule is COc1cccc(C(CNc2cnccn2)N(C)C)c1. The summed E-state index contributed by atoms with van der Waals surface area (Å²) in [5.41, 5.74) is 1.20. The summed E-state index contributed by atoms with van der Waals surface area (Å²) in [5, 5.41) is 3.31. The highest BCUT2D eigenvalue weighted by atomic mass is 16.5. The minimum Gasteiger partial charge on any atom is -0.497 e. The van der Waals surface area contributed by atoms with Crippen LogP contribution in [0.15, 0.2) is 42.9 Å². The maximum Gasteiger partial charge on any atom is 0.144 e. The predicted octanol–water partition coefficient (Wildman–Crippen LogP) is 2.20. The minimum atomic E-state index is 0.229. The number of hydrogen-bond donors (Lipinski definition) is 1. The van der Waals surface area contributed by atoms with Gasteiger partial charge in [0.05, 0.1) is 19.3 Å². The molecule has 20 heavy (non-hydrogen) atoms. The maximum absolute atomic E-state index is 5.29. The van der Waals surface area contributed by atoms with Gasteiger partial charge in [-0.2, -0.15) is 0 Å². The third kappa shape index (κ3) is 3.68. The molecule has 0 bridgehead atoms. The van der Waals surface area contributed by atoms with E-state index in [0.29, 0.717) is 0 Å². The van der Waals surface area contributed by atoms with Crippen LogP contribution in [-0.4, -0.2) is 42.6 Å². The van der Waals surface area contributed by atoms with Crippen LogP contribution in [0.4, 0.5) is 5.82 Å². The molecule has 0 saturated carbocycles. The van der Waals surface area contributed by atoms with E-state index >= 15 is 0 Å². The quantitative estimate of drug-likeness (QED) is 0.873. The van der Waals surface area contributed by atoms with E-state index in [9.17, 15) is 0 Å². The second-order valence-corrected chi connectivity index (χ2v) is 4.73. The van der Waals surface area contributed by atoms with Gasteiger partial charge in [-0.15, -0.1) is 0 Å². The Labute approximate surface area is 119 Å². The molecule has 0 saturated heterocycles. The number of nitrogens with zero attached hydrogens (tertiary/aromatic N) is 3. The van der Waals surface area contributed by atoms with Crippen LogP contribution in [0.3, 0.4) is 0 Å². The molecule has 0 aliphatic rings. The molecule has 1 unspecified atom stereocenters. The Bertz CT molecular complexity index is 530. The molecule has 5 heteroatoms. The Hall–Kier alpha value is -2.14. The zero-order valence-electron chi connectivity index (χ0n) is 12.1. The van der Waals surface area contributed by atoms with Crippen molar-refractivity contribution in [2.75, 3.05) is 33.1 Å². The summed E-state index contributed by atoms with van der Waals surface area (Å²) in [5.74, 6) is 1.65. The number of nitrogens with one attached hydrogen (secondary N) is 1. The van der Waals surface area contributed by atoms with E-state index in [2.05, 4.69) is 46.4 Å². The number of ether oxygens (including phenoxy) is 1. The first-order valence-electron chi connectivity index (χ1n) is 6.51. The highest BCUT2D eigenvalue weighted by molar-refractivity contribution is 5.34. The lowest BCUT2D eigenvalue weighted by atomic mass is 10.1. The Morgan fingerprint density at radius 1 is 1.30 bits per heavy atom. The van der Waals surface area contributed by atoms with E-state index in [-0.39, 0.29) is 6.04 Å². The van der Waals surface area contributed by atoms with Gasteiger partial charge in [-0.25, -0.2) is 4.98 Å². The molecule has 0 spiro atoms. The molecule has 0 radical (unpaired) electrons. The number of benzene rings is 1. The molecule has 0 aliphatic carbocycles. The minimum absolute atomic E-state index is 0.229. The number of hydrogen-bond acceptors (Lipinski definition) is 5. The van der Waals surface area contributed by atoms with Crippen molar-refractivity contribution in [2.24, 2.45) is 0 Å². The molecule has 1 aromatic heterocycles. The normalized spacial score (nSPS) is 12.2. The lowest BCUT2D eigenvalue weighted by Gasteiger charge is -2.25. The number of aromatic nitrogens is 2. The van der Waals surface area contributed by atoms with Crippen molar-refractivity contribution in [1.82, 2.24) is 14.9 Å². The van der Waals surface area contributed by atoms with Crippen molar-refractivity contribution in [3.63, 3.8) is 0 Å². The van der Waals surface area contributed by atoms with Gasteiger partial charge in [0.15, 0.2) is 0 Å². The average molecular weight is 272 g/mol.